The van der Waals surface area contributed by atoms with Crippen LogP contribution in [0.2, 0.25) is 0 Å². The fourth-order valence-corrected chi connectivity index (χ4v) is 3.87. The van der Waals surface area contributed by atoms with Gasteiger partial charge in [0, 0.05) is 11.8 Å². The van der Waals surface area contributed by atoms with Gasteiger partial charge in [-0.1, -0.05) is 28.1 Å². The average Bonchev–Trinajstić information content (AvgIpc) is 3.09. The lowest BCUT2D eigenvalue weighted by atomic mass is 9.85. The Morgan fingerprint density at radius 3 is 2.35 bits per heavy atom. The Labute approximate surface area is 125 Å². The fourth-order valence-electron chi connectivity index (χ4n) is 3.48. The normalized spacial score (nSPS) is 34.0. The lowest BCUT2D eigenvalue weighted by Crippen LogP contribution is -2.35. The molecule has 4 atom stereocenters. The number of amides is 2. The molecule has 0 unspecified atom stereocenters. The summed E-state index contributed by atoms with van der Waals surface area (Å²) in [5.74, 6) is -1.54. The number of imide groups is 1. The van der Waals surface area contributed by atoms with Gasteiger partial charge in [-0.2, -0.15) is 0 Å². The second-order valence-electron chi connectivity index (χ2n) is 5.58. The van der Waals surface area contributed by atoms with E-state index in [1.807, 2.05) is 12.2 Å². The van der Waals surface area contributed by atoms with E-state index in [9.17, 15) is 14.4 Å². The molecule has 1 aliphatic heterocycles. The molecule has 0 spiro atoms. The van der Waals surface area contributed by atoms with E-state index in [1.54, 1.807) is 0 Å². The Bertz CT molecular complexity index is 460. The van der Waals surface area contributed by atoms with Crippen molar-refractivity contribution in [2.24, 2.45) is 23.7 Å². The van der Waals surface area contributed by atoms with Crippen LogP contribution in [0.4, 0.5) is 0 Å². The van der Waals surface area contributed by atoms with Crippen molar-refractivity contribution in [3.05, 3.63) is 12.2 Å². The van der Waals surface area contributed by atoms with E-state index in [1.165, 1.54) is 0 Å². The Morgan fingerprint density at radius 2 is 1.80 bits per heavy atom. The summed E-state index contributed by atoms with van der Waals surface area (Å²) in [6.45, 7) is 0. The van der Waals surface area contributed by atoms with E-state index in [0.717, 1.165) is 23.2 Å². The second-order valence-corrected chi connectivity index (χ2v) is 6.37. The van der Waals surface area contributed by atoms with Crippen molar-refractivity contribution in [3.63, 3.8) is 0 Å². The molecule has 6 heteroatoms. The molecule has 1 heterocycles. The minimum Gasteiger partial charge on any atom is -0.330 e. The van der Waals surface area contributed by atoms with E-state index in [4.69, 9.17) is 4.84 Å². The van der Waals surface area contributed by atoms with Gasteiger partial charge in [0.1, 0.15) is 0 Å². The highest BCUT2D eigenvalue weighted by atomic mass is 79.9. The first-order valence-electron chi connectivity index (χ1n) is 6.96. The highest BCUT2D eigenvalue weighted by Gasteiger charge is 2.60. The van der Waals surface area contributed by atoms with Gasteiger partial charge in [0.15, 0.2) is 0 Å². The summed E-state index contributed by atoms with van der Waals surface area (Å²) in [5.41, 5.74) is 0. The van der Waals surface area contributed by atoms with E-state index >= 15 is 0 Å². The number of hydroxylamine groups is 2. The molecule has 0 aromatic heterocycles. The van der Waals surface area contributed by atoms with Crippen LogP contribution in [-0.4, -0.2) is 28.2 Å². The van der Waals surface area contributed by atoms with Gasteiger partial charge in [0.05, 0.1) is 11.8 Å². The number of alkyl halides is 1. The smallest absolute Gasteiger partial charge is 0.330 e. The van der Waals surface area contributed by atoms with Gasteiger partial charge >= 0.3 is 5.97 Å². The number of nitrogens with zero attached hydrogens (tertiary/aromatic N) is 1. The molecule has 1 saturated carbocycles. The number of hydrogen-bond donors (Lipinski definition) is 0. The Hall–Kier alpha value is -1.17. The summed E-state index contributed by atoms with van der Waals surface area (Å²) >= 11 is 3.28. The van der Waals surface area contributed by atoms with E-state index in [0.29, 0.717) is 6.42 Å². The molecule has 108 valence electrons. The minimum atomic E-state index is -0.507. The Morgan fingerprint density at radius 1 is 1.20 bits per heavy atom. The topological polar surface area (TPSA) is 63.7 Å². The van der Waals surface area contributed by atoms with E-state index < -0.39 is 5.97 Å². The number of hydrogen-bond acceptors (Lipinski definition) is 4. The predicted molar refractivity (Wildman–Crippen MR) is 73.3 cm³/mol. The zero-order chi connectivity index (χ0) is 14.3. The molecule has 2 bridgehead atoms. The van der Waals surface area contributed by atoms with Crippen molar-refractivity contribution in [1.82, 2.24) is 5.06 Å². The number of carbonyl (C=O) groups is 3. The zero-order valence-corrected chi connectivity index (χ0v) is 12.5. The van der Waals surface area contributed by atoms with Gasteiger partial charge in [-0.25, -0.2) is 4.79 Å². The van der Waals surface area contributed by atoms with Crippen molar-refractivity contribution < 1.29 is 19.2 Å². The first-order valence-corrected chi connectivity index (χ1v) is 8.08. The number of fused-ring (bicyclic) bond motifs is 5. The lowest BCUT2D eigenvalue weighted by molar-refractivity contribution is -0.199. The lowest BCUT2D eigenvalue weighted by Gasteiger charge is -2.15. The maximum absolute atomic E-state index is 12.2. The van der Waals surface area contributed by atoms with Crippen LogP contribution in [0.25, 0.3) is 0 Å². The minimum absolute atomic E-state index is 0.138. The molecule has 20 heavy (non-hydrogen) atoms. The van der Waals surface area contributed by atoms with Crippen LogP contribution >= 0.6 is 15.9 Å². The monoisotopic (exact) mass is 341 g/mol. The van der Waals surface area contributed by atoms with Crippen LogP contribution in [0.1, 0.15) is 25.7 Å². The van der Waals surface area contributed by atoms with Crippen LogP contribution < -0.4 is 0 Å². The molecule has 2 aliphatic carbocycles. The van der Waals surface area contributed by atoms with Gasteiger partial charge in [0.2, 0.25) is 0 Å². The molecular weight excluding hydrogens is 326 g/mol. The number of carbonyl (C=O) groups excluding carboxylic acids is 3. The molecule has 2 amide bonds. The highest BCUT2D eigenvalue weighted by molar-refractivity contribution is 9.09. The van der Waals surface area contributed by atoms with Crippen molar-refractivity contribution in [1.29, 1.82) is 0 Å². The fraction of sp³-hybridized carbons (Fsp3) is 0.643. The summed E-state index contributed by atoms with van der Waals surface area (Å²) in [6, 6.07) is 0. The quantitative estimate of drug-likeness (QED) is 0.331. The summed E-state index contributed by atoms with van der Waals surface area (Å²) in [5, 5.41) is 1.54. The zero-order valence-electron chi connectivity index (χ0n) is 11.0. The van der Waals surface area contributed by atoms with Crippen LogP contribution in [0.5, 0.6) is 0 Å². The number of halogens is 1. The molecule has 0 N–H and O–H groups in total. The van der Waals surface area contributed by atoms with Crippen LogP contribution in [-0.2, 0) is 19.2 Å². The van der Waals surface area contributed by atoms with Gasteiger partial charge in [-0.05, 0) is 31.1 Å². The van der Waals surface area contributed by atoms with Crippen molar-refractivity contribution in [3.8, 4) is 0 Å². The van der Waals surface area contributed by atoms with Gasteiger partial charge in [0.25, 0.3) is 11.8 Å². The average molecular weight is 342 g/mol. The first kappa shape index (κ1) is 13.8. The molecule has 1 saturated heterocycles. The summed E-state index contributed by atoms with van der Waals surface area (Å²) in [7, 11) is 0. The maximum Gasteiger partial charge on any atom is 0.333 e. The van der Waals surface area contributed by atoms with Gasteiger partial charge in [-0.3, -0.25) is 9.59 Å². The van der Waals surface area contributed by atoms with Gasteiger partial charge in [-0.15, -0.1) is 5.06 Å². The Kier molecular flexibility index (Phi) is 3.67. The van der Waals surface area contributed by atoms with Crippen molar-refractivity contribution in [2.75, 3.05) is 5.33 Å². The van der Waals surface area contributed by atoms with E-state index in [2.05, 4.69) is 15.9 Å². The summed E-state index contributed by atoms with van der Waals surface area (Å²) in [4.78, 5) is 41.1. The van der Waals surface area contributed by atoms with Crippen LogP contribution in [0.15, 0.2) is 12.2 Å². The third-order valence-corrected chi connectivity index (χ3v) is 4.95. The molecule has 3 rings (SSSR count). The second kappa shape index (κ2) is 5.31. The number of allylic oxidation sites excluding steroid dienone is 2. The van der Waals surface area contributed by atoms with Crippen molar-refractivity contribution >= 4 is 33.7 Å². The molecule has 0 aromatic rings. The third kappa shape index (κ3) is 2.10. The maximum atomic E-state index is 12.2. The van der Waals surface area contributed by atoms with Crippen LogP contribution in [0.3, 0.4) is 0 Å². The molecule has 2 fully saturated rings. The third-order valence-electron chi connectivity index (χ3n) is 4.39. The van der Waals surface area contributed by atoms with Crippen LogP contribution in [0, 0.1) is 23.7 Å². The molecule has 5 nitrogen and oxygen atoms in total. The summed E-state index contributed by atoms with van der Waals surface area (Å²) in [6.07, 6.45) is 6.66. The van der Waals surface area contributed by atoms with E-state index in [-0.39, 0.29) is 41.9 Å². The van der Waals surface area contributed by atoms with Crippen molar-refractivity contribution in [2.45, 2.75) is 25.7 Å². The summed E-state index contributed by atoms with van der Waals surface area (Å²) < 4.78 is 0. The largest absolute Gasteiger partial charge is 0.333 e. The van der Waals surface area contributed by atoms with Gasteiger partial charge < -0.3 is 4.84 Å². The predicted octanol–water partition coefficient (Wildman–Crippen LogP) is 1.82. The SMILES string of the molecule is O=C(CCCCBr)ON1C(=O)[C@@H]2[C@H](C1=O)[C@@H]1C=C[C@H]2C1. The number of unbranched alkanes of at least 4 members (excludes halogenated alkanes) is 1. The standard InChI is InChI=1S/C14H16BrNO4/c15-6-2-1-3-10(17)20-16-13(18)11-8-4-5-9(7-8)12(11)14(16)19/h4-5,8-9,11-12H,1-3,6-7H2/t8-,9+,11-,12+. The first-order chi connectivity index (χ1) is 9.63. The highest BCUT2D eigenvalue weighted by Crippen LogP contribution is 2.52. The molecule has 0 radical (unpaired) electrons. The Balaban J connectivity index is 1.63. The molecule has 0 aromatic carbocycles. The molecule has 3 aliphatic rings. The number of rotatable bonds is 5. The molecular formula is C14H16BrNO4.